The number of aryl methyl sites for hydroxylation is 1. The summed E-state index contributed by atoms with van der Waals surface area (Å²) >= 11 is 1.19. The lowest BCUT2D eigenvalue weighted by molar-refractivity contribution is 0.0960. The molecule has 2 aromatic carbocycles. The molecule has 1 amide bonds. The third kappa shape index (κ3) is 3.74. The van der Waals surface area contributed by atoms with E-state index >= 15 is 0 Å². The van der Waals surface area contributed by atoms with E-state index in [1.165, 1.54) is 11.5 Å². The van der Waals surface area contributed by atoms with Gasteiger partial charge in [-0.15, -0.1) is 5.10 Å². The van der Waals surface area contributed by atoms with Gasteiger partial charge in [0.1, 0.15) is 11.6 Å². The van der Waals surface area contributed by atoms with Crippen molar-refractivity contribution in [3.8, 4) is 6.07 Å². The van der Waals surface area contributed by atoms with Gasteiger partial charge in [-0.3, -0.25) is 4.79 Å². The van der Waals surface area contributed by atoms with E-state index in [9.17, 15) is 10.1 Å². The summed E-state index contributed by atoms with van der Waals surface area (Å²) in [5.41, 5.74) is 3.65. The average molecular weight is 376 g/mol. The maximum atomic E-state index is 13.0. The molecule has 0 aliphatic rings. The molecule has 6 heteroatoms. The number of nitrogens with one attached hydrogen (secondary N) is 1. The Hall–Kier alpha value is -3.04. The van der Waals surface area contributed by atoms with Crippen LogP contribution in [0.25, 0.3) is 15.8 Å². The number of fused-ring (bicyclic) bond motifs is 1. The highest BCUT2D eigenvalue weighted by atomic mass is 32.1. The molecule has 1 aromatic heterocycles. The average Bonchev–Trinajstić information content (AvgIpc) is 3.10. The van der Waals surface area contributed by atoms with Crippen LogP contribution in [0.2, 0.25) is 0 Å². The lowest BCUT2D eigenvalue weighted by Gasteiger charge is -2.26. The summed E-state index contributed by atoms with van der Waals surface area (Å²) in [5, 5.41) is 16.9. The van der Waals surface area contributed by atoms with Crippen LogP contribution in [0.3, 0.4) is 0 Å². The van der Waals surface area contributed by atoms with Crippen molar-refractivity contribution in [3.63, 3.8) is 0 Å². The van der Waals surface area contributed by atoms with Crippen LogP contribution in [0.5, 0.6) is 0 Å². The van der Waals surface area contributed by atoms with Crippen LogP contribution in [-0.2, 0) is 0 Å². The number of rotatable bonds is 3. The van der Waals surface area contributed by atoms with Crippen LogP contribution in [0.1, 0.15) is 42.3 Å². The van der Waals surface area contributed by atoms with Crippen molar-refractivity contribution in [2.45, 2.75) is 27.7 Å². The summed E-state index contributed by atoms with van der Waals surface area (Å²) in [4.78, 5) is 13.0. The van der Waals surface area contributed by atoms with Gasteiger partial charge in [0.05, 0.1) is 15.8 Å². The number of hydrogen-bond acceptors (Lipinski definition) is 5. The minimum atomic E-state index is -0.428. The monoisotopic (exact) mass is 376 g/mol. The lowest BCUT2D eigenvalue weighted by atomic mass is 9.85. The first-order chi connectivity index (χ1) is 12.8. The highest BCUT2D eigenvalue weighted by molar-refractivity contribution is 7.13. The molecular weight excluding hydrogens is 356 g/mol. The van der Waals surface area contributed by atoms with Gasteiger partial charge in [0.15, 0.2) is 0 Å². The van der Waals surface area contributed by atoms with Crippen LogP contribution in [0, 0.1) is 23.7 Å². The van der Waals surface area contributed by atoms with Crippen molar-refractivity contribution in [2.24, 2.45) is 5.41 Å². The van der Waals surface area contributed by atoms with Gasteiger partial charge in [-0.05, 0) is 41.7 Å². The number of carbonyl (C=O) groups is 1. The lowest BCUT2D eigenvalue weighted by Crippen LogP contribution is -2.31. The van der Waals surface area contributed by atoms with E-state index in [2.05, 4.69) is 21.0 Å². The second-order valence-corrected chi connectivity index (χ2v) is 8.06. The van der Waals surface area contributed by atoms with Gasteiger partial charge in [-0.2, -0.15) is 5.26 Å². The molecule has 0 aliphatic heterocycles. The van der Waals surface area contributed by atoms with E-state index in [1.807, 2.05) is 58.0 Å². The topological polar surface area (TPSA) is 78.7 Å². The second-order valence-electron chi connectivity index (χ2n) is 7.31. The Bertz CT molecular complexity index is 1080. The van der Waals surface area contributed by atoms with Crippen molar-refractivity contribution in [3.05, 3.63) is 64.9 Å². The first kappa shape index (κ1) is 18.7. The molecule has 0 atom stereocenters. The molecule has 1 heterocycles. The Labute approximate surface area is 162 Å². The fourth-order valence-electron chi connectivity index (χ4n) is 2.89. The van der Waals surface area contributed by atoms with E-state index in [4.69, 9.17) is 0 Å². The van der Waals surface area contributed by atoms with Gasteiger partial charge in [-0.1, -0.05) is 55.6 Å². The fourth-order valence-corrected chi connectivity index (χ4v) is 3.57. The quantitative estimate of drug-likeness (QED) is 0.671. The van der Waals surface area contributed by atoms with Crippen LogP contribution >= 0.6 is 11.5 Å². The Morgan fingerprint density at radius 3 is 2.48 bits per heavy atom. The number of benzene rings is 2. The van der Waals surface area contributed by atoms with E-state index in [1.54, 1.807) is 12.1 Å². The normalized spacial score (nSPS) is 12.4. The van der Waals surface area contributed by atoms with Crippen LogP contribution in [0.15, 0.2) is 48.2 Å². The molecule has 0 aliphatic carbocycles. The van der Waals surface area contributed by atoms with Crippen molar-refractivity contribution < 1.29 is 4.79 Å². The molecule has 5 nitrogen and oxygen atoms in total. The molecule has 1 N–H and O–H groups in total. The SMILES string of the molecule is Cc1ccccc1/C(C#N)=C(\NC(=O)c1cccc2nnsc12)C(C)(C)C. The number of nitrogens with zero attached hydrogens (tertiary/aromatic N) is 3. The minimum absolute atomic E-state index is 0.266. The summed E-state index contributed by atoms with van der Waals surface area (Å²) in [6.45, 7) is 7.89. The van der Waals surface area contributed by atoms with Crippen LogP contribution in [-0.4, -0.2) is 15.5 Å². The zero-order chi connectivity index (χ0) is 19.6. The Balaban J connectivity index is 2.11. The van der Waals surface area contributed by atoms with Crippen molar-refractivity contribution in [1.82, 2.24) is 14.9 Å². The Morgan fingerprint density at radius 1 is 1.11 bits per heavy atom. The zero-order valence-electron chi connectivity index (χ0n) is 15.7. The van der Waals surface area contributed by atoms with Crippen molar-refractivity contribution in [1.29, 1.82) is 5.26 Å². The van der Waals surface area contributed by atoms with E-state index in [0.29, 0.717) is 22.4 Å². The summed E-state index contributed by atoms with van der Waals surface area (Å²) in [6, 6.07) is 15.3. The number of allylic oxidation sites excluding steroid dienone is 2. The third-order valence-electron chi connectivity index (χ3n) is 4.28. The Morgan fingerprint density at radius 2 is 1.81 bits per heavy atom. The van der Waals surface area contributed by atoms with Gasteiger partial charge in [0.25, 0.3) is 5.91 Å². The number of carbonyl (C=O) groups excluding carboxylic acids is 1. The fraction of sp³-hybridized carbons (Fsp3) is 0.238. The summed E-state index contributed by atoms with van der Waals surface area (Å²) in [5.74, 6) is -0.266. The minimum Gasteiger partial charge on any atom is -0.324 e. The number of nitriles is 1. The molecule has 0 spiro atoms. The zero-order valence-corrected chi connectivity index (χ0v) is 16.5. The number of hydrogen-bond donors (Lipinski definition) is 1. The van der Waals surface area contributed by atoms with Gasteiger partial charge in [0.2, 0.25) is 0 Å². The molecule has 0 bridgehead atoms. The predicted octanol–water partition coefficient (Wildman–Crippen LogP) is 4.71. The van der Waals surface area contributed by atoms with Crippen molar-refractivity contribution >= 4 is 33.2 Å². The van der Waals surface area contributed by atoms with E-state index < -0.39 is 5.41 Å². The molecule has 136 valence electrons. The van der Waals surface area contributed by atoms with Crippen molar-refractivity contribution in [2.75, 3.05) is 0 Å². The molecule has 0 fully saturated rings. The summed E-state index contributed by atoms with van der Waals surface area (Å²) in [6.07, 6.45) is 0. The highest BCUT2D eigenvalue weighted by Gasteiger charge is 2.26. The molecule has 27 heavy (non-hydrogen) atoms. The number of aromatic nitrogens is 2. The van der Waals surface area contributed by atoms with Gasteiger partial charge >= 0.3 is 0 Å². The number of amides is 1. The molecule has 0 saturated heterocycles. The smallest absolute Gasteiger partial charge is 0.257 e. The maximum absolute atomic E-state index is 13.0. The summed E-state index contributed by atoms with van der Waals surface area (Å²) in [7, 11) is 0. The standard InChI is InChI=1S/C21H20N4OS/c1-13-8-5-6-9-14(13)16(12-22)19(21(2,3)4)23-20(26)15-10-7-11-17-18(15)27-25-24-17/h5-11H,1-4H3,(H,23,26)/b19-16-. The van der Waals surface area contributed by atoms with Gasteiger partial charge in [0, 0.05) is 11.1 Å². The molecule has 0 saturated carbocycles. The highest BCUT2D eigenvalue weighted by Crippen LogP contribution is 2.32. The molecule has 0 radical (unpaired) electrons. The first-order valence-electron chi connectivity index (χ1n) is 8.56. The predicted molar refractivity (Wildman–Crippen MR) is 108 cm³/mol. The molecular formula is C21H20N4OS. The van der Waals surface area contributed by atoms with E-state index in [-0.39, 0.29) is 5.91 Å². The third-order valence-corrected chi connectivity index (χ3v) is 5.06. The summed E-state index contributed by atoms with van der Waals surface area (Å²) < 4.78 is 4.66. The molecule has 3 rings (SSSR count). The molecule has 0 unspecified atom stereocenters. The van der Waals surface area contributed by atoms with Gasteiger partial charge < -0.3 is 5.32 Å². The van der Waals surface area contributed by atoms with Gasteiger partial charge in [-0.25, -0.2) is 0 Å². The Kier molecular flexibility index (Phi) is 5.06. The molecule has 3 aromatic rings. The first-order valence-corrected chi connectivity index (χ1v) is 9.33. The van der Waals surface area contributed by atoms with E-state index in [0.717, 1.165) is 15.8 Å². The maximum Gasteiger partial charge on any atom is 0.257 e. The second kappa shape index (κ2) is 7.29. The largest absolute Gasteiger partial charge is 0.324 e. The van der Waals surface area contributed by atoms with Crippen LogP contribution in [0.4, 0.5) is 0 Å². The van der Waals surface area contributed by atoms with Crippen LogP contribution < -0.4 is 5.32 Å².